The van der Waals surface area contributed by atoms with Gasteiger partial charge in [0.2, 0.25) is 0 Å². The van der Waals surface area contributed by atoms with Gasteiger partial charge in [0, 0.05) is 13.2 Å². The fourth-order valence-electron chi connectivity index (χ4n) is 2.40. The summed E-state index contributed by atoms with van der Waals surface area (Å²) in [6, 6.07) is 10.5. The van der Waals surface area contributed by atoms with E-state index >= 15 is 0 Å². The van der Waals surface area contributed by atoms with E-state index in [0.29, 0.717) is 6.10 Å². The molecule has 2 rings (SSSR count). The summed E-state index contributed by atoms with van der Waals surface area (Å²) < 4.78 is 11.2. The molecule has 1 N–H and O–H groups in total. The summed E-state index contributed by atoms with van der Waals surface area (Å²) in [5.74, 6) is 0. The second-order valence-corrected chi connectivity index (χ2v) is 5.42. The third kappa shape index (κ3) is 7.42. The van der Waals surface area contributed by atoms with Crippen molar-refractivity contribution in [1.82, 2.24) is 5.32 Å². The van der Waals surface area contributed by atoms with E-state index in [9.17, 15) is 0 Å². The highest BCUT2D eigenvalue weighted by molar-refractivity contribution is 5.14. The predicted octanol–water partition coefficient (Wildman–Crippen LogP) is 3.31. The van der Waals surface area contributed by atoms with Crippen molar-refractivity contribution < 1.29 is 9.47 Å². The summed E-state index contributed by atoms with van der Waals surface area (Å²) in [5.41, 5.74) is 1.34. The number of rotatable bonds is 9. The Hall–Kier alpha value is -1.16. The molecule has 21 heavy (non-hydrogen) atoms. The lowest BCUT2D eigenvalue weighted by Gasteiger charge is -2.21. The van der Waals surface area contributed by atoms with Crippen LogP contribution >= 0.6 is 0 Å². The molecule has 1 fully saturated rings. The zero-order valence-electron chi connectivity index (χ0n) is 12.8. The van der Waals surface area contributed by atoms with E-state index < -0.39 is 0 Å². The van der Waals surface area contributed by atoms with Gasteiger partial charge < -0.3 is 14.8 Å². The van der Waals surface area contributed by atoms with Crippen LogP contribution in [-0.4, -0.2) is 32.5 Å². The van der Waals surface area contributed by atoms with Crippen LogP contribution in [-0.2, 0) is 16.0 Å². The molecule has 3 heteroatoms. The van der Waals surface area contributed by atoms with Crippen molar-refractivity contribution >= 4 is 0 Å². The lowest BCUT2D eigenvalue weighted by Crippen LogP contribution is -2.25. The van der Waals surface area contributed by atoms with Crippen LogP contribution in [0.3, 0.4) is 0 Å². The molecule has 1 aromatic carbocycles. The van der Waals surface area contributed by atoms with E-state index in [1.54, 1.807) is 0 Å². The normalized spacial score (nSPS) is 19.1. The van der Waals surface area contributed by atoms with Crippen molar-refractivity contribution in [3.63, 3.8) is 0 Å². The summed E-state index contributed by atoms with van der Waals surface area (Å²) >= 11 is 0. The van der Waals surface area contributed by atoms with Crippen LogP contribution < -0.4 is 5.32 Å². The van der Waals surface area contributed by atoms with E-state index in [1.165, 1.54) is 5.56 Å². The summed E-state index contributed by atoms with van der Waals surface area (Å²) in [6.45, 7) is 4.44. The van der Waals surface area contributed by atoms with Gasteiger partial charge in [0.1, 0.15) is 0 Å². The first-order valence-electron chi connectivity index (χ1n) is 8.04. The third-order valence-corrected chi connectivity index (χ3v) is 3.58. The number of hydrogen-bond acceptors (Lipinski definition) is 3. The number of benzene rings is 1. The maximum absolute atomic E-state index is 5.78. The molecule has 1 aliphatic rings. The molecule has 1 heterocycles. The number of nitrogens with one attached hydrogen (secondary N) is 1. The van der Waals surface area contributed by atoms with Crippen molar-refractivity contribution in [3.05, 3.63) is 48.0 Å². The highest BCUT2D eigenvalue weighted by Gasteiger charge is 2.12. The predicted molar refractivity (Wildman–Crippen MR) is 86.3 cm³/mol. The summed E-state index contributed by atoms with van der Waals surface area (Å²) in [6.07, 6.45) is 9.11. The average molecular weight is 289 g/mol. The highest BCUT2D eigenvalue weighted by Crippen LogP contribution is 2.09. The van der Waals surface area contributed by atoms with Crippen LogP contribution in [0.25, 0.3) is 0 Å². The molecule has 0 aliphatic carbocycles. The Morgan fingerprint density at radius 3 is 2.86 bits per heavy atom. The van der Waals surface area contributed by atoms with Gasteiger partial charge in [0.15, 0.2) is 0 Å². The molecule has 1 aliphatic heterocycles. The van der Waals surface area contributed by atoms with E-state index in [2.05, 4.69) is 41.7 Å². The smallest absolute Gasteiger partial charge is 0.0809 e. The minimum absolute atomic E-state index is 0.319. The summed E-state index contributed by atoms with van der Waals surface area (Å²) in [4.78, 5) is 0. The Morgan fingerprint density at radius 2 is 2.05 bits per heavy atom. The Kier molecular flexibility index (Phi) is 8.15. The molecule has 0 spiro atoms. The quantitative estimate of drug-likeness (QED) is 0.559. The molecular weight excluding hydrogens is 262 g/mol. The fourth-order valence-corrected chi connectivity index (χ4v) is 2.40. The van der Waals surface area contributed by atoms with E-state index in [-0.39, 0.29) is 0 Å². The first kappa shape index (κ1) is 16.2. The van der Waals surface area contributed by atoms with Crippen LogP contribution in [0, 0.1) is 0 Å². The maximum atomic E-state index is 5.78. The van der Waals surface area contributed by atoms with Crippen LogP contribution in [0.15, 0.2) is 42.5 Å². The Morgan fingerprint density at radius 1 is 1.19 bits per heavy atom. The van der Waals surface area contributed by atoms with Gasteiger partial charge in [-0.3, -0.25) is 0 Å². The van der Waals surface area contributed by atoms with Crippen LogP contribution in [0.2, 0.25) is 0 Å². The van der Waals surface area contributed by atoms with Gasteiger partial charge in [-0.25, -0.2) is 0 Å². The molecule has 116 valence electrons. The van der Waals surface area contributed by atoms with E-state index in [1.807, 2.05) is 6.07 Å². The summed E-state index contributed by atoms with van der Waals surface area (Å²) in [5, 5.41) is 3.45. The highest BCUT2D eigenvalue weighted by atomic mass is 16.5. The van der Waals surface area contributed by atoms with Crippen molar-refractivity contribution in [2.24, 2.45) is 0 Å². The molecule has 0 radical (unpaired) electrons. The van der Waals surface area contributed by atoms with Gasteiger partial charge in [0.05, 0.1) is 19.3 Å². The molecule has 1 aromatic rings. The monoisotopic (exact) mass is 289 g/mol. The number of ether oxygens (including phenoxy) is 2. The number of hydrogen-bond donors (Lipinski definition) is 1. The molecule has 1 unspecified atom stereocenters. The molecule has 0 amide bonds. The topological polar surface area (TPSA) is 30.5 Å². The van der Waals surface area contributed by atoms with Crippen LogP contribution in [0.4, 0.5) is 0 Å². The zero-order valence-corrected chi connectivity index (χ0v) is 12.8. The third-order valence-electron chi connectivity index (χ3n) is 3.58. The van der Waals surface area contributed by atoms with Gasteiger partial charge in [0.25, 0.3) is 0 Å². The van der Waals surface area contributed by atoms with Gasteiger partial charge in [-0.2, -0.15) is 0 Å². The SMILES string of the molecule is C(=CCCOC1CCCOC1)CCNCc1ccccc1. The average Bonchev–Trinajstić information content (AvgIpc) is 2.55. The van der Waals surface area contributed by atoms with Crippen LogP contribution in [0.1, 0.15) is 31.2 Å². The summed E-state index contributed by atoms with van der Waals surface area (Å²) in [7, 11) is 0. The van der Waals surface area contributed by atoms with Gasteiger partial charge in [-0.1, -0.05) is 42.5 Å². The van der Waals surface area contributed by atoms with Gasteiger partial charge in [-0.15, -0.1) is 0 Å². The minimum atomic E-state index is 0.319. The van der Waals surface area contributed by atoms with Gasteiger partial charge in [-0.05, 0) is 37.8 Å². The van der Waals surface area contributed by atoms with Crippen LogP contribution in [0.5, 0.6) is 0 Å². The molecule has 1 saturated heterocycles. The van der Waals surface area contributed by atoms with Gasteiger partial charge >= 0.3 is 0 Å². The lowest BCUT2D eigenvalue weighted by atomic mass is 10.2. The molecule has 1 atom stereocenters. The second-order valence-electron chi connectivity index (χ2n) is 5.42. The van der Waals surface area contributed by atoms with Crippen molar-refractivity contribution in [2.75, 3.05) is 26.4 Å². The molecular formula is C18H27NO2. The standard InChI is InChI=1S/C18H27NO2/c1(2-7-14-21-18-11-8-13-20-16-18)6-12-19-15-17-9-4-3-5-10-17/h1-5,9-10,18-19H,6-8,11-16H2. The molecule has 0 bridgehead atoms. The first-order chi connectivity index (χ1) is 10.4. The minimum Gasteiger partial charge on any atom is -0.379 e. The second kappa shape index (κ2) is 10.6. The first-order valence-corrected chi connectivity index (χ1v) is 8.04. The van der Waals surface area contributed by atoms with E-state index in [4.69, 9.17) is 9.47 Å². The van der Waals surface area contributed by atoms with Crippen molar-refractivity contribution in [2.45, 2.75) is 38.3 Å². The van der Waals surface area contributed by atoms with Crippen molar-refractivity contribution in [3.8, 4) is 0 Å². The Labute approximate surface area is 128 Å². The molecule has 3 nitrogen and oxygen atoms in total. The zero-order chi connectivity index (χ0) is 14.6. The largest absolute Gasteiger partial charge is 0.379 e. The Bertz CT molecular complexity index is 385. The fraction of sp³-hybridized carbons (Fsp3) is 0.556. The maximum Gasteiger partial charge on any atom is 0.0809 e. The molecule has 0 aromatic heterocycles. The Balaban J connectivity index is 1.41. The van der Waals surface area contributed by atoms with Crippen molar-refractivity contribution in [1.29, 1.82) is 0 Å². The molecule has 0 saturated carbocycles. The lowest BCUT2D eigenvalue weighted by molar-refractivity contribution is -0.0484. The van der Waals surface area contributed by atoms with E-state index in [0.717, 1.165) is 58.6 Å².